The van der Waals surface area contributed by atoms with Crippen molar-refractivity contribution < 1.29 is 14.7 Å². The van der Waals surface area contributed by atoms with Crippen LogP contribution in [0.15, 0.2) is 0 Å². The number of hydrogen-bond acceptors (Lipinski definition) is 3. The van der Waals surface area contributed by atoms with Crippen LogP contribution in [0.4, 0.5) is 0 Å². The summed E-state index contributed by atoms with van der Waals surface area (Å²) in [6, 6.07) is -0.967. The third-order valence-electron chi connectivity index (χ3n) is 2.01. The number of carboxylic acid groups (broad SMARTS) is 1. The number of carbonyl (C=O) groups excluding carboxylic acids is 1. The molecular formula is C7H12N2O3. The molecule has 0 spiro atoms. The zero-order valence-electron chi connectivity index (χ0n) is 6.86. The summed E-state index contributed by atoms with van der Waals surface area (Å²) in [5, 5.41) is 8.61. The summed E-state index contributed by atoms with van der Waals surface area (Å²) >= 11 is 0. The molecule has 1 amide bonds. The first-order chi connectivity index (χ1) is 5.52. The summed E-state index contributed by atoms with van der Waals surface area (Å²) in [6.07, 6.45) is 0.262. The molecule has 3 N–H and O–H groups in total. The van der Waals surface area contributed by atoms with E-state index in [4.69, 9.17) is 10.8 Å². The summed E-state index contributed by atoms with van der Waals surface area (Å²) in [7, 11) is 0. The minimum absolute atomic E-state index is 0.169. The fourth-order valence-electron chi connectivity index (χ4n) is 1.27. The van der Waals surface area contributed by atoms with Gasteiger partial charge < -0.3 is 15.7 Å². The smallest absolute Gasteiger partial charge is 0.326 e. The monoisotopic (exact) mass is 172 g/mol. The molecule has 0 radical (unpaired) electrons. The van der Waals surface area contributed by atoms with Crippen LogP contribution in [0.5, 0.6) is 0 Å². The highest BCUT2D eigenvalue weighted by Crippen LogP contribution is 2.12. The van der Waals surface area contributed by atoms with Gasteiger partial charge in [-0.15, -0.1) is 0 Å². The van der Waals surface area contributed by atoms with Gasteiger partial charge in [-0.05, 0) is 6.92 Å². The molecule has 0 aromatic heterocycles. The molecule has 0 aromatic rings. The Bertz CT molecular complexity index is 217. The van der Waals surface area contributed by atoms with Crippen molar-refractivity contribution in [1.29, 1.82) is 0 Å². The van der Waals surface area contributed by atoms with Crippen LogP contribution in [-0.2, 0) is 9.59 Å². The van der Waals surface area contributed by atoms with Crippen molar-refractivity contribution in [2.45, 2.75) is 25.4 Å². The van der Waals surface area contributed by atoms with Gasteiger partial charge in [0.15, 0.2) is 0 Å². The summed E-state index contributed by atoms with van der Waals surface area (Å²) in [5.41, 5.74) is 5.50. The molecule has 1 heterocycles. The van der Waals surface area contributed by atoms with Crippen LogP contribution in [0.2, 0.25) is 0 Å². The molecule has 5 nitrogen and oxygen atoms in total. The highest BCUT2D eigenvalue weighted by atomic mass is 16.4. The molecule has 1 saturated heterocycles. The molecule has 0 bridgehead atoms. The van der Waals surface area contributed by atoms with Gasteiger partial charge in [0.2, 0.25) is 5.91 Å². The third kappa shape index (κ3) is 1.55. The van der Waals surface area contributed by atoms with Gasteiger partial charge in [-0.25, -0.2) is 4.79 Å². The van der Waals surface area contributed by atoms with E-state index in [0.29, 0.717) is 6.54 Å². The Labute approximate surface area is 70.1 Å². The average molecular weight is 172 g/mol. The molecule has 68 valence electrons. The Morgan fingerprint density at radius 3 is 2.75 bits per heavy atom. The van der Waals surface area contributed by atoms with Crippen LogP contribution < -0.4 is 5.73 Å². The predicted octanol–water partition coefficient (Wildman–Crippen LogP) is -0.981. The molecule has 1 rings (SSSR count). The first-order valence-electron chi connectivity index (χ1n) is 3.80. The maximum atomic E-state index is 11.1. The van der Waals surface area contributed by atoms with Gasteiger partial charge in [-0.2, -0.15) is 0 Å². The van der Waals surface area contributed by atoms with E-state index in [1.807, 2.05) is 0 Å². The quantitative estimate of drug-likeness (QED) is 0.560. The fraction of sp³-hybridized carbons (Fsp3) is 0.714. The van der Waals surface area contributed by atoms with Crippen LogP contribution in [-0.4, -0.2) is 40.5 Å². The van der Waals surface area contributed by atoms with Gasteiger partial charge in [0.25, 0.3) is 0 Å². The van der Waals surface area contributed by atoms with Crippen molar-refractivity contribution in [3.05, 3.63) is 0 Å². The number of aliphatic carboxylic acids is 1. The normalized spacial score (nSPS) is 26.0. The fourth-order valence-corrected chi connectivity index (χ4v) is 1.27. The molecule has 2 atom stereocenters. The van der Waals surface area contributed by atoms with Gasteiger partial charge in [0.1, 0.15) is 6.04 Å². The second-order valence-corrected chi connectivity index (χ2v) is 3.02. The number of carboxylic acids is 1. The molecule has 0 aliphatic carbocycles. The molecule has 1 fully saturated rings. The van der Waals surface area contributed by atoms with Crippen molar-refractivity contribution in [2.24, 2.45) is 5.73 Å². The molecule has 1 aliphatic rings. The highest BCUT2D eigenvalue weighted by Gasteiger charge is 2.33. The van der Waals surface area contributed by atoms with E-state index in [1.165, 1.54) is 11.8 Å². The van der Waals surface area contributed by atoms with Crippen LogP contribution in [0.1, 0.15) is 13.3 Å². The van der Waals surface area contributed by atoms with Crippen molar-refractivity contribution in [3.63, 3.8) is 0 Å². The van der Waals surface area contributed by atoms with Crippen molar-refractivity contribution >= 4 is 11.9 Å². The molecular weight excluding hydrogens is 160 g/mol. The Kier molecular flexibility index (Phi) is 2.32. The number of nitrogens with two attached hydrogens (primary N) is 1. The Balaban J connectivity index is 2.64. The van der Waals surface area contributed by atoms with Crippen molar-refractivity contribution in [1.82, 2.24) is 4.90 Å². The van der Waals surface area contributed by atoms with E-state index in [9.17, 15) is 9.59 Å². The first kappa shape index (κ1) is 8.99. The number of nitrogens with zero attached hydrogens (tertiary/aromatic N) is 1. The van der Waals surface area contributed by atoms with Gasteiger partial charge in [0.05, 0.1) is 0 Å². The van der Waals surface area contributed by atoms with Gasteiger partial charge in [-0.1, -0.05) is 0 Å². The summed E-state index contributed by atoms with van der Waals surface area (Å²) in [5.74, 6) is -1.16. The van der Waals surface area contributed by atoms with E-state index < -0.39 is 12.0 Å². The highest BCUT2D eigenvalue weighted by molar-refractivity contribution is 5.85. The third-order valence-corrected chi connectivity index (χ3v) is 2.01. The summed E-state index contributed by atoms with van der Waals surface area (Å²) in [4.78, 5) is 22.9. The predicted molar refractivity (Wildman–Crippen MR) is 41.4 cm³/mol. The van der Waals surface area contributed by atoms with E-state index in [1.54, 1.807) is 0 Å². The number of amides is 1. The molecule has 5 heteroatoms. The lowest BCUT2D eigenvalue weighted by atomic mass is 10.3. The molecule has 0 aromatic carbocycles. The molecule has 1 unspecified atom stereocenters. The summed E-state index contributed by atoms with van der Waals surface area (Å²) < 4.78 is 0. The van der Waals surface area contributed by atoms with E-state index >= 15 is 0 Å². The number of rotatable bonds is 2. The standard InChI is InChI=1S/C7H12N2O3/c1-4(7(11)12)9-3-5(8)2-6(9)10/h4-5H,2-3,8H2,1H3,(H,11,12)/t4-,5?/m0/s1. The van der Waals surface area contributed by atoms with Crippen molar-refractivity contribution in [2.75, 3.05) is 6.54 Å². The number of likely N-dealkylation sites (tertiary alicyclic amines) is 1. The van der Waals surface area contributed by atoms with Crippen molar-refractivity contribution in [3.8, 4) is 0 Å². The lowest BCUT2D eigenvalue weighted by Gasteiger charge is -2.20. The van der Waals surface area contributed by atoms with E-state index in [-0.39, 0.29) is 18.4 Å². The Morgan fingerprint density at radius 1 is 1.83 bits per heavy atom. The lowest BCUT2D eigenvalue weighted by molar-refractivity contribution is -0.147. The van der Waals surface area contributed by atoms with E-state index in [2.05, 4.69) is 0 Å². The first-order valence-corrected chi connectivity index (χ1v) is 3.80. The maximum Gasteiger partial charge on any atom is 0.326 e. The van der Waals surface area contributed by atoms with E-state index in [0.717, 1.165) is 0 Å². The topological polar surface area (TPSA) is 83.6 Å². The Morgan fingerprint density at radius 2 is 2.42 bits per heavy atom. The van der Waals surface area contributed by atoms with Crippen LogP contribution >= 0.6 is 0 Å². The number of hydrogen-bond donors (Lipinski definition) is 2. The maximum absolute atomic E-state index is 11.1. The molecule has 1 aliphatic heterocycles. The Hall–Kier alpha value is -1.10. The molecule has 12 heavy (non-hydrogen) atoms. The second kappa shape index (κ2) is 3.10. The zero-order valence-corrected chi connectivity index (χ0v) is 6.86. The van der Waals surface area contributed by atoms with Crippen LogP contribution in [0, 0.1) is 0 Å². The van der Waals surface area contributed by atoms with Gasteiger partial charge in [0, 0.05) is 19.0 Å². The largest absolute Gasteiger partial charge is 0.480 e. The van der Waals surface area contributed by atoms with Crippen LogP contribution in [0.3, 0.4) is 0 Å². The minimum atomic E-state index is -0.988. The zero-order chi connectivity index (χ0) is 9.30. The number of carbonyl (C=O) groups is 2. The lowest BCUT2D eigenvalue weighted by Crippen LogP contribution is -2.40. The molecule has 0 saturated carbocycles. The minimum Gasteiger partial charge on any atom is -0.480 e. The average Bonchev–Trinajstić information content (AvgIpc) is 2.28. The summed E-state index contributed by atoms with van der Waals surface area (Å²) in [6.45, 7) is 1.84. The SMILES string of the molecule is C[C@@H](C(=O)O)N1CC(N)CC1=O. The van der Waals surface area contributed by atoms with Gasteiger partial charge in [-0.3, -0.25) is 4.79 Å². The van der Waals surface area contributed by atoms with Crippen LogP contribution in [0.25, 0.3) is 0 Å². The second-order valence-electron chi connectivity index (χ2n) is 3.02. The van der Waals surface area contributed by atoms with Gasteiger partial charge >= 0.3 is 5.97 Å².